The van der Waals surface area contributed by atoms with E-state index in [0.29, 0.717) is 18.0 Å². The van der Waals surface area contributed by atoms with Crippen molar-refractivity contribution in [3.63, 3.8) is 0 Å². The van der Waals surface area contributed by atoms with Crippen molar-refractivity contribution >= 4 is 5.57 Å². The Morgan fingerprint density at radius 1 is 0.885 bits per heavy atom. The molecule has 26 heavy (non-hydrogen) atoms. The van der Waals surface area contributed by atoms with Crippen molar-refractivity contribution in [2.24, 2.45) is 5.92 Å². The maximum absolute atomic E-state index is 13.8. The summed E-state index contributed by atoms with van der Waals surface area (Å²) in [6, 6.07) is 14.7. The highest BCUT2D eigenvalue weighted by molar-refractivity contribution is 5.80. The molecule has 2 bridgehead atoms. The number of rotatable bonds is 3. The van der Waals surface area contributed by atoms with E-state index < -0.39 is 0 Å². The van der Waals surface area contributed by atoms with Gasteiger partial charge < -0.3 is 4.48 Å². The molecule has 4 rings (SSSR count). The summed E-state index contributed by atoms with van der Waals surface area (Å²) in [6.45, 7) is 0. The van der Waals surface area contributed by atoms with E-state index in [2.05, 4.69) is 20.2 Å². The van der Waals surface area contributed by atoms with Crippen LogP contribution in [0.3, 0.4) is 0 Å². The molecule has 2 fully saturated rings. The van der Waals surface area contributed by atoms with Crippen LogP contribution in [0, 0.1) is 17.6 Å². The van der Waals surface area contributed by atoms with E-state index >= 15 is 0 Å². The SMILES string of the molecule is C[N+]1(C)[C@@H]2CC[C@H]1CC(C=C(c1cccc(F)c1)c1cccc(F)c1)C2. The number of quaternary nitrogens is 1. The molecule has 0 saturated carbocycles. The fourth-order valence-corrected chi connectivity index (χ4v) is 4.97. The van der Waals surface area contributed by atoms with E-state index in [1.54, 1.807) is 24.3 Å². The van der Waals surface area contributed by atoms with Gasteiger partial charge in [-0.2, -0.15) is 0 Å². The molecule has 2 aromatic carbocycles. The van der Waals surface area contributed by atoms with Crippen molar-refractivity contribution < 1.29 is 13.3 Å². The molecule has 0 spiro atoms. The molecular formula is C23H26F2N+. The van der Waals surface area contributed by atoms with Gasteiger partial charge in [-0.25, -0.2) is 8.78 Å². The molecular weight excluding hydrogens is 328 g/mol. The molecule has 2 aromatic rings. The minimum absolute atomic E-state index is 0.258. The molecule has 1 nitrogen and oxygen atoms in total. The third-order valence-corrected chi connectivity index (χ3v) is 6.54. The van der Waals surface area contributed by atoms with E-state index in [1.165, 1.54) is 25.0 Å². The van der Waals surface area contributed by atoms with Crippen LogP contribution in [0.2, 0.25) is 0 Å². The molecule has 2 aliphatic heterocycles. The molecule has 0 aromatic heterocycles. The first-order valence-corrected chi connectivity index (χ1v) is 9.50. The Kier molecular flexibility index (Phi) is 4.44. The van der Waals surface area contributed by atoms with E-state index in [1.807, 2.05) is 12.1 Å². The van der Waals surface area contributed by atoms with E-state index in [4.69, 9.17) is 0 Å². The number of piperidine rings is 1. The molecule has 2 saturated heterocycles. The summed E-state index contributed by atoms with van der Waals surface area (Å²) in [5, 5.41) is 0. The van der Waals surface area contributed by atoms with Gasteiger partial charge in [0.25, 0.3) is 0 Å². The Morgan fingerprint density at radius 3 is 1.85 bits per heavy atom. The molecule has 0 amide bonds. The second-order valence-electron chi connectivity index (χ2n) is 8.35. The molecule has 3 atom stereocenters. The number of hydrogen-bond acceptors (Lipinski definition) is 0. The molecule has 2 heterocycles. The summed E-state index contributed by atoms with van der Waals surface area (Å²) < 4.78 is 28.8. The van der Waals surface area contributed by atoms with Gasteiger partial charge >= 0.3 is 0 Å². The Hall–Kier alpha value is -2.00. The lowest BCUT2D eigenvalue weighted by Crippen LogP contribution is -2.54. The molecule has 1 unspecified atom stereocenters. The van der Waals surface area contributed by atoms with Gasteiger partial charge in [0.2, 0.25) is 0 Å². The summed E-state index contributed by atoms with van der Waals surface area (Å²) in [5.74, 6) is -0.0576. The highest BCUT2D eigenvalue weighted by Gasteiger charge is 2.48. The van der Waals surface area contributed by atoms with Crippen LogP contribution < -0.4 is 0 Å². The summed E-state index contributed by atoms with van der Waals surface area (Å²) in [5.41, 5.74) is 2.59. The van der Waals surface area contributed by atoms with E-state index in [-0.39, 0.29) is 11.6 Å². The van der Waals surface area contributed by atoms with Gasteiger partial charge in [-0.1, -0.05) is 30.3 Å². The third-order valence-electron chi connectivity index (χ3n) is 6.54. The molecule has 0 radical (unpaired) electrons. The van der Waals surface area contributed by atoms with Crippen molar-refractivity contribution in [2.75, 3.05) is 14.1 Å². The van der Waals surface area contributed by atoms with Crippen LogP contribution in [0.4, 0.5) is 8.78 Å². The Balaban J connectivity index is 1.73. The van der Waals surface area contributed by atoms with Crippen LogP contribution in [0.15, 0.2) is 54.6 Å². The number of hydrogen-bond donors (Lipinski definition) is 0. The predicted octanol–water partition coefficient (Wildman–Crippen LogP) is 5.41. The van der Waals surface area contributed by atoms with Gasteiger partial charge in [0, 0.05) is 25.7 Å². The topological polar surface area (TPSA) is 0 Å². The number of fused-ring (bicyclic) bond motifs is 2. The molecule has 2 aliphatic rings. The molecule has 0 N–H and O–H groups in total. The summed E-state index contributed by atoms with van der Waals surface area (Å²) in [4.78, 5) is 0. The van der Waals surface area contributed by atoms with Crippen LogP contribution >= 0.6 is 0 Å². The van der Waals surface area contributed by atoms with Crippen LogP contribution in [0.1, 0.15) is 36.8 Å². The first-order valence-electron chi connectivity index (χ1n) is 9.50. The monoisotopic (exact) mass is 354 g/mol. The highest BCUT2D eigenvalue weighted by Crippen LogP contribution is 2.43. The van der Waals surface area contributed by atoms with Crippen molar-refractivity contribution in [1.82, 2.24) is 0 Å². The second-order valence-corrected chi connectivity index (χ2v) is 8.35. The largest absolute Gasteiger partial charge is 0.324 e. The fourth-order valence-electron chi connectivity index (χ4n) is 4.97. The van der Waals surface area contributed by atoms with Gasteiger partial charge in [-0.15, -0.1) is 0 Å². The predicted molar refractivity (Wildman–Crippen MR) is 102 cm³/mol. The van der Waals surface area contributed by atoms with Crippen molar-refractivity contribution in [2.45, 2.75) is 37.8 Å². The maximum atomic E-state index is 13.8. The van der Waals surface area contributed by atoms with Gasteiger partial charge in [-0.3, -0.25) is 0 Å². The Morgan fingerprint density at radius 2 is 1.38 bits per heavy atom. The van der Waals surface area contributed by atoms with Crippen molar-refractivity contribution in [3.8, 4) is 0 Å². The second kappa shape index (κ2) is 6.62. The molecule has 3 heteroatoms. The van der Waals surface area contributed by atoms with Gasteiger partial charge in [0.15, 0.2) is 0 Å². The smallest absolute Gasteiger partial charge is 0.123 e. The zero-order chi connectivity index (χ0) is 18.3. The maximum Gasteiger partial charge on any atom is 0.123 e. The first-order chi connectivity index (χ1) is 12.4. The lowest BCUT2D eigenvalue weighted by molar-refractivity contribution is -0.931. The van der Waals surface area contributed by atoms with Crippen molar-refractivity contribution in [3.05, 3.63) is 77.4 Å². The molecule has 0 aliphatic carbocycles. The molecule has 136 valence electrons. The standard InChI is InChI=1S/C23H26F2N/c1-26(2)21-9-10-22(26)12-16(11-21)13-23(17-5-3-7-19(24)14-17)18-6-4-8-20(25)15-18/h3-8,13-16,21-22H,9-12H2,1-2H3/q+1/t16?,21-,22+. The van der Waals surface area contributed by atoms with Crippen LogP contribution in [-0.2, 0) is 0 Å². The quantitative estimate of drug-likeness (QED) is 0.646. The third kappa shape index (κ3) is 3.21. The lowest BCUT2D eigenvalue weighted by atomic mass is 9.85. The Bertz CT molecular complexity index is 776. The van der Waals surface area contributed by atoms with E-state index in [9.17, 15) is 8.78 Å². The van der Waals surface area contributed by atoms with Crippen molar-refractivity contribution in [1.29, 1.82) is 0 Å². The number of allylic oxidation sites excluding steroid dienone is 1. The van der Waals surface area contributed by atoms with Gasteiger partial charge in [0.1, 0.15) is 11.6 Å². The summed E-state index contributed by atoms with van der Waals surface area (Å²) >= 11 is 0. The highest BCUT2D eigenvalue weighted by atomic mass is 19.1. The summed E-state index contributed by atoms with van der Waals surface area (Å²) in [6.07, 6.45) is 7.15. The number of benzene rings is 2. The zero-order valence-corrected chi connectivity index (χ0v) is 15.5. The average Bonchev–Trinajstić information content (AvgIpc) is 2.77. The van der Waals surface area contributed by atoms with Crippen LogP contribution in [-0.4, -0.2) is 30.7 Å². The van der Waals surface area contributed by atoms with Crippen LogP contribution in [0.25, 0.3) is 5.57 Å². The Labute approximate surface area is 154 Å². The zero-order valence-electron chi connectivity index (χ0n) is 15.5. The first kappa shape index (κ1) is 17.4. The fraction of sp³-hybridized carbons (Fsp3) is 0.391. The van der Waals surface area contributed by atoms with Crippen LogP contribution in [0.5, 0.6) is 0 Å². The normalized spacial score (nSPS) is 26.5. The minimum Gasteiger partial charge on any atom is -0.324 e. The lowest BCUT2D eigenvalue weighted by Gasteiger charge is -2.44. The van der Waals surface area contributed by atoms with Gasteiger partial charge in [-0.05, 0) is 46.9 Å². The van der Waals surface area contributed by atoms with E-state index in [0.717, 1.165) is 34.0 Å². The van der Waals surface area contributed by atoms with Gasteiger partial charge in [0.05, 0.1) is 26.2 Å². The number of nitrogens with zero attached hydrogens (tertiary/aromatic N) is 1. The summed E-state index contributed by atoms with van der Waals surface area (Å²) in [7, 11) is 4.70. The minimum atomic E-state index is -0.258. The average molecular weight is 354 g/mol. The number of halogens is 2.